The molecule has 0 radical (unpaired) electrons. The fraction of sp³-hybridized carbons (Fsp3) is 1.00. The molecule has 0 aromatic heterocycles. The lowest BCUT2D eigenvalue weighted by molar-refractivity contribution is 0.127. The summed E-state index contributed by atoms with van der Waals surface area (Å²) in [7, 11) is 0. The molecule has 0 aromatic carbocycles. The van der Waals surface area contributed by atoms with Crippen LogP contribution in [0.15, 0.2) is 0 Å². The summed E-state index contributed by atoms with van der Waals surface area (Å²) in [4.78, 5) is 0. The molecule has 1 aliphatic carbocycles. The maximum Gasteiger partial charge on any atom is 0.0650 e. The average Bonchev–Trinajstić information content (AvgIpc) is 2.64. The summed E-state index contributed by atoms with van der Waals surface area (Å²) >= 11 is 0. The van der Waals surface area contributed by atoms with Gasteiger partial charge < -0.3 is 5.11 Å². The monoisotopic (exact) mass is 156 g/mol. The highest BCUT2D eigenvalue weighted by Gasteiger charge is 2.39. The summed E-state index contributed by atoms with van der Waals surface area (Å²) in [5.74, 6) is 1.52. The zero-order chi connectivity index (χ0) is 8.48. The molecular formula is C10H20O. The van der Waals surface area contributed by atoms with Crippen LogP contribution in [0.2, 0.25) is 0 Å². The Morgan fingerprint density at radius 2 is 1.82 bits per heavy atom. The van der Waals surface area contributed by atoms with Crippen LogP contribution in [0.25, 0.3) is 0 Å². The molecule has 1 aliphatic rings. The van der Waals surface area contributed by atoms with Crippen LogP contribution in [0.1, 0.15) is 46.5 Å². The van der Waals surface area contributed by atoms with E-state index in [4.69, 9.17) is 0 Å². The lowest BCUT2D eigenvalue weighted by Gasteiger charge is -2.16. The Hall–Kier alpha value is -0.0400. The highest BCUT2D eigenvalue weighted by molar-refractivity contribution is 4.93. The maximum absolute atomic E-state index is 9.56. The van der Waals surface area contributed by atoms with Crippen LogP contribution < -0.4 is 0 Å². The zero-order valence-electron chi connectivity index (χ0n) is 7.93. The van der Waals surface area contributed by atoms with Crippen LogP contribution >= 0.6 is 0 Å². The summed E-state index contributed by atoms with van der Waals surface area (Å²) in [6.07, 6.45) is 4.29. The predicted octanol–water partition coefficient (Wildman–Crippen LogP) is 2.58. The molecule has 0 bridgehead atoms. The number of rotatable bonds is 4. The van der Waals surface area contributed by atoms with Gasteiger partial charge in [-0.1, -0.05) is 20.8 Å². The van der Waals surface area contributed by atoms with Crippen LogP contribution in [0.5, 0.6) is 0 Å². The Labute approximate surface area is 69.8 Å². The molecule has 0 aromatic rings. The highest BCUT2D eigenvalue weighted by atomic mass is 16.3. The van der Waals surface area contributed by atoms with Crippen molar-refractivity contribution in [2.45, 2.75) is 52.1 Å². The van der Waals surface area contributed by atoms with Gasteiger partial charge in [-0.05, 0) is 37.5 Å². The van der Waals surface area contributed by atoms with Crippen molar-refractivity contribution in [2.75, 3.05) is 0 Å². The van der Waals surface area contributed by atoms with E-state index in [9.17, 15) is 5.11 Å². The fourth-order valence-corrected chi connectivity index (χ4v) is 1.22. The van der Waals surface area contributed by atoms with Gasteiger partial charge in [-0.25, -0.2) is 0 Å². The summed E-state index contributed by atoms with van der Waals surface area (Å²) in [5.41, 5.74) is -0.233. The van der Waals surface area contributed by atoms with Crippen LogP contribution in [0.4, 0.5) is 0 Å². The Kier molecular flexibility index (Phi) is 2.58. The van der Waals surface area contributed by atoms with Gasteiger partial charge in [0.05, 0.1) is 5.60 Å². The van der Waals surface area contributed by atoms with Crippen molar-refractivity contribution in [1.29, 1.82) is 0 Å². The van der Waals surface area contributed by atoms with Crippen molar-refractivity contribution < 1.29 is 5.11 Å². The van der Waals surface area contributed by atoms with E-state index in [1.165, 1.54) is 6.42 Å². The second kappa shape index (κ2) is 3.14. The van der Waals surface area contributed by atoms with E-state index in [2.05, 4.69) is 20.8 Å². The van der Waals surface area contributed by atoms with Gasteiger partial charge in [0.2, 0.25) is 0 Å². The first-order valence-corrected chi connectivity index (χ1v) is 4.76. The topological polar surface area (TPSA) is 20.2 Å². The quantitative estimate of drug-likeness (QED) is 0.663. The Morgan fingerprint density at radius 3 is 2.18 bits per heavy atom. The van der Waals surface area contributed by atoms with Gasteiger partial charge in [0.15, 0.2) is 0 Å². The summed E-state index contributed by atoms with van der Waals surface area (Å²) < 4.78 is 0. The SMILES string of the molecule is CC(C)[C@@H](C)CCC1(O)CC1. The largest absolute Gasteiger partial charge is 0.390 e. The van der Waals surface area contributed by atoms with Crippen molar-refractivity contribution in [1.82, 2.24) is 0 Å². The maximum atomic E-state index is 9.56. The fourth-order valence-electron chi connectivity index (χ4n) is 1.22. The molecule has 0 spiro atoms. The molecule has 1 N–H and O–H groups in total. The first-order valence-electron chi connectivity index (χ1n) is 4.76. The first kappa shape index (κ1) is 9.05. The molecule has 0 saturated heterocycles. The van der Waals surface area contributed by atoms with Crippen LogP contribution in [0.3, 0.4) is 0 Å². The summed E-state index contributed by atoms with van der Waals surface area (Å²) in [6.45, 7) is 6.78. The van der Waals surface area contributed by atoms with Crippen molar-refractivity contribution in [3.63, 3.8) is 0 Å². The van der Waals surface area contributed by atoms with Gasteiger partial charge in [-0.2, -0.15) is 0 Å². The van der Waals surface area contributed by atoms with Gasteiger partial charge in [0.25, 0.3) is 0 Å². The Morgan fingerprint density at radius 1 is 1.27 bits per heavy atom. The Balaban J connectivity index is 2.11. The molecule has 1 nitrogen and oxygen atoms in total. The van der Waals surface area contributed by atoms with Crippen LogP contribution in [-0.4, -0.2) is 10.7 Å². The zero-order valence-corrected chi connectivity index (χ0v) is 7.93. The normalized spacial score (nSPS) is 23.7. The molecule has 1 fully saturated rings. The highest BCUT2D eigenvalue weighted by Crippen LogP contribution is 2.40. The molecule has 1 saturated carbocycles. The van der Waals surface area contributed by atoms with E-state index in [-0.39, 0.29) is 5.60 Å². The smallest absolute Gasteiger partial charge is 0.0650 e. The first-order chi connectivity index (χ1) is 5.03. The number of aliphatic hydroxyl groups is 1. The van der Waals surface area contributed by atoms with Crippen molar-refractivity contribution in [2.24, 2.45) is 11.8 Å². The van der Waals surface area contributed by atoms with Gasteiger partial charge in [0.1, 0.15) is 0 Å². The lowest BCUT2D eigenvalue weighted by atomic mass is 9.91. The molecule has 1 heteroatoms. The van der Waals surface area contributed by atoms with Crippen LogP contribution in [-0.2, 0) is 0 Å². The third kappa shape index (κ3) is 2.82. The van der Waals surface area contributed by atoms with Crippen molar-refractivity contribution in [3.8, 4) is 0 Å². The van der Waals surface area contributed by atoms with Crippen molar-refractivity contribution >= 4 is 0 Å². The average molecular weight is 156 g/mol. The van der Waals surface area contributed by atoms with Gasteiger partial charge in [-0.3, -0.25) is 0 Å². The number of hydrogen-bond donors (Lipinski definition) is 1. The minimum absolute atomic E-state index is 0.233. The summed E-state index contributed by atoms with van der Waals surface area (Å²) in [6, 6.07) is 0. The minimum atomic E-state index is -0.233. The standard InChI is InChI=1S/C10H20O/c1-8(2)9(3)4-5-10(11)6-7-10/h8-9,11H,4-7H2,1-3H3/t9-/m0/s1. The van der Waals surface area contributed by atoms with Crippen LogP contribution in [0, 0.1) is 11.8 Å². The molecule has 66 valence electrons. The Bertz CT molecular complexity index is 125. The van der Waals surface area contributed by atoms with Gasteiger partial charge in [-0.15, -0.1) is 0 Å². The van der Waals surface area contributed by atoms with E-state index in [0.29, 0.717) is 0 Å². The van der Waals surface area contributed by atoms with Gasteiger partial charge >= 0.3 is 0 Å². The molecular weight excluding hydrogens is 136 g/mol. The molecule has 1 atom stereocenters. The molecule has 0 heterocycles. The third-order valence-corrected chi connectivity index (χ3v) is 3.03. The number of hydrogen-bond acceptors (Lipinski definition) is 1. The molecule has 0 unspecified atom stereocenters. The van der Waals surface area contributed by atoms with E-state index < -0.39 is 0 Å². The van der Waals surface area contributed by atoms with E-state index in [1.54, 1.807) is 0 Å². The van der Waals surface area contributed by atoms with E-state index in [1.807, 2.05) is 0 Å². The molecule has 1 rings (SSSR count). The molecule has 0 aliphatic heterocycles. The van der Waals surface area contributed by atoms with Crippen molar-refractivity contribution in [3.05, 3.63) is 0 Å². The molecule has 0 amide bonds. The van der Waals surface area contributed by atoms with E-state index in [0.717, 1.165) is 31.1 Å². The summed E-state index contributed by atoms with van der Waals surface area (Å²) in [5, 5.41) is 9.56. The predicted molar refractivity (Wildman–Crippen MR) is 47.4 cm³/mol. The lowest BCUT2D eigenvalue weighted by Crippen LogP contribution is -2.11. The third-order valence-electron chi connectivity index (χ3n) is 3.03. The molecule has 11 heavy (non-hydrogen) atoms. The second-order valence-electron chi connectivity index (χ2n) is 4.48. The van der Waals surface area contributed by atoms with Gasteiger partial charge in [0, 0.05) is 0 Å². The van der Waals surface area contributed by atoms with E-state index >= 15 is 0 Å². The second-order valence-corrected chi connectivity index (χ2v) is 4.48. The minimum Gasteiger partial charge on any atom is -0.390 e.